The maximum absolute atomic E-state index is 6.15. The maximum Gasteiger partial charge on any atom is 0.122 e. The Morgan fingerprint density at radius 3 is 2.67 bits per heavy atom. The third-order valence-corrected chi connectivity index (χ3v) is 4.02. The Hall–Kier alpha value is -1.38. The van der Waals surface area contributed by atoms with E-state index in [2.05, 4.69) is 30.4 Å². The molecule has 0 fully saturated rings. The quantitative estimate of drug-likeness (QED) is 0.785. The first-order chi connectivity index (χ1) is 9.97. The minimum Gasteiger partial charge on any atom is -0.489 e. The summed E-state index contributed by atoms with van der Waals surface area (Å²) in [6.07, 6.45) is 0.0144. The molecule has 1 atom stereocenters. The highest BCUT2D eigenvalue weighted by Gasteiger charge is 2.09. The first kappa shape index (κ1) is 16.0. The summed E-state index contributed by atoms with van der Waals surface area (Å²) in [5.74, 6) is 0.918. The molecule has 0 aromatic heterocycles. The molecular weight excluding hydrogens is 305 g/mol. The third kappa shape index (κ3) is 4.29. The fourth-order valence-electron chi connectivity index (χ4n) is 1.99. The van der Waals surface area contributed by atoms with Crippen LogP contribution in [0, 0.1) is 13.8 Å². The second-order valence-corrected chi connectivity index (χ2v) is 5.96. The van der Waals surface area contributed by atoms with Gasteiger partial charge in [0, 0.05) is 0 Å². The minimum atomic E-state index is 0.0144. The van der Waals surface area contributed by atoms with E-state index in [0.29, 0.717) is 16.6 Å². The number of ether oxygens (including phenoxy) is 1. The lowest BCUT2D eigenvalue weighted by molar-refractivity contribution is 0.233. The third-order valence-electron chi connectivity index (χ3n) is 3.20. The summed E-state index contributed by atoms with van der Waals surface area (Å²) in [6, 6.07) is 11.7. The van der Waals surface area contributed by atoms with E-state index < -0.39 is 0 Å². The Bertz CT molecular complexity index is 628. The van der Waals surface area contributed by atoms with E-state index in [0.717, 1.165) is 17.0 Å². The van der Waals surface area contributed by atoms with Crippen molar-refractivity contribution in [2.45, 2.75) is 26.9 Å². The zero-order valence-corrected chi connectivity index (χ0v) is 13.9. The topological polar surface area (TPSA) is 21.3 Å². The monoisotopic (exact) mass is 323 g/mol. The number of aryl methyl sites for hydroxylation is 2. The Labute approximate surface area is 136 Å². The SMILES string of the molecule is Cc1ccc(C)c(OC(C)CNc2cccc(Cl)c2Cl)c1. The average molecular weight is 324 g/mol. The fraction of sp³-hybridized carbons (Fsp3) is 0.294. The van der Waals surface area contributed by atoms with Gasteiger partial charge in [-0.15, -0.1) is 0 Å². The van der Waals surface area contributed by atoms with Gasteiger partial charge in [0.05, 0.1) is 22.3 Å². The lowest BCUT2D eigenvalue weighted by atomic mass is 10.1. The van der Waals surface area contributed by atoms with Crippen LogP contribution in [0.4, 0.5) is 5.69 Å². The molecular formula is C17H19Cl2NO. The van der Waals surface area contributed by atoms with Crippen molar-refractivity contribution in [1.82, 2.24) is 0 Å². The van der Waals surface area contributed by atoms with Crippen LogP contribution < -0.4 is 10.1 Å². The van der Waals surface area contributed by atoms with Gasteiger partial charge in [0.2, 0.25) is 0 Å². The van der Waals surface area contributed by atoms with Gasteiger partial charge >= 0.3 is 0 Å². The molecule has 2 aromatic carbocycles. The fourth-order valence-corrected chi connectivity index (χ4v) is 2.35. The van der Waals surface area contributed by atoms with Crippen LogP contribution in [-0.4, -0.2) is 12.6 Å². The number of halogens is 2. The van der Waals surface area contributed by atoms with Crippen molar-refractivity contribution in [1.29, 1.82) is 0 Å². The molecule has 112 valence electrons. The van der Waals surface area contributed by atoms with Crippen LogP contribution in [0.25, 0.3) is 0 Å². The van der Waals surface area contributed by atoms with Crippen LogP contribution in [-0.2, 0) is 0 Å². The highest BCUT2D eigenvalue weighted by molar-refractivity contribution is 6.43. The Kier molecular flexibility index (Phi) is 5.38. The second kappa shape index (κ2) is 7.06. The largest absolute Gasteiger partial charge is 0.489 e. The van der Waals surface area contributed by atoms with Gasteiger partial charge in [-0.1, -0.05) is 41.4 Å². The number of rotatable bonds is 5. The molecule has 4 heteroatoms. The summed E-state index contributed by atoms with van der Waals surface area (Å²) in [6.45, 7) is 6.77. The van der Waals surface area contributed by atoms with Crippen LogP contribution in [0.3, 0.4) is 0 Å². The van der Waals surface area contributed by atoms with E-state index >= 15 is 0 Å². The van der Waals surface area contributed by atoms with Crippen molar-refractivity contribution in [3.05, 3.63) is 57.6 Å². The number of hydrogen-bond acceptors (Lipinski definition) is 2. The molecule has 0 spiro atoms. The zero-order valence-electron chi connectivity index (χ0n) is 12.4. The molecule has 0 saturated carbocycles. The van der Waals surface area contributed by atoms with Crippen molar-refractivity contribution in [3.63, 3.8) is 0 Å². The average Bonchev–Trinajstić information content (AvgIpc) is 2.44. The molecule has 2 rings (SSSR count). The van der Waals surface area contributed by atoms with E-state index in [1.54, 1.807) is 6.07 Å². The zero-order chi connectivity index (χ0) is 15.4. The molecule has 0 saturated heterocycles. The van der Waals surface area contributed by atoms with Crippen LogP contribution in [0.2, 0.25) is 10.0 Å². The maximum atomic E-state index is 6.15. The van der Waals surface area contributed by atoms with Crippen molar-refractivity contribution in [2.75, 3.05) is 11.9 Å². The van der Waals surface area contributed by atoms with Crippen molar-refractivity contribution in [3.8, 4) is 5.75 Å². The van der Waals surface area contributed by atoms with Crippen LogP contribution in [0.15, 0.2) is 36.4 Å². The van der Waals surface area contributed by atoms with Crippen molar-refractivity contribution >= 4 is 28.9 Å². The standard InChI is InChI=1S/C17H19Cl2NO/c1-11-7-8-12(2)16(9-11)21-13(3)10-20-15-6-4-5-14(18)17(15)19/h4-9,13,20H,10H2,1-3H3. The van der Waals surface area contributed by atoms with Gasteiger partial charge in [0.1, 0.15) is 11.9 Å². The summed E-state index contributed by atoms with van der Waals surface area (Å²) in [5.41, 5.74) is 3.14. The molecule has 0 aliphatic rings. The smallest absolute Gasteiger partial charge is 0.122 e. The van der Waals surface area contributed by atoms with E-state index in [1.165, 1.54) is 5.56 Å². The van der Waals surface area contributed by atoms with Gasteiger partial charge in [-0.25, -0.2) is 0 Å². The molecule has 1 unspecified atom stereocenters. The van der Waals surface area contributed by atoms with E-state index in [9.17, 15) is 0 Å². The Morgan fingerprint density at radius 2 is 1.90 bits per heavy atom. The van der Waals surface area contributed by atoms with Gasteiger partial charge in [-0.05, 0) is 50.1 Å². The van der Waals surface area contributed by atoms with Crippen molar-refractivity contribution < 1.29 is 4.74 Å². The number of benzene rings is 2. The summed E-state index contributed by atoms with van der Waals surface area (Å²) >= 11 is 12.1. The molecule has 0 amide bonds. The summed E-state index contributed by atoms with van der Waals surface area (Å²) in [5, 5.41) is 4.35. The number of nitrogens with one attached hydrogen (secondary N) is 1. The van der Waals surface area contributed by atoms with E-state index in [1.807, 2.05) is 26.0 Å². The van der Waals surface area contributed by atoms with Gasteiger partial charge in [0.25, 0.3) is 0 Å². The molecule has 0 radical (unpaired) electrons. The lowest BCUT2D eigenvalue weighted by Gasteiger charge is -2.18. The van der Waals surface area contributed by atoms with Gasteiger partial charge in [-0.3, -0.25) is 0 Å². The lowest BCUT2D eigenvalue weighted by Crippen LogP contribution is -2.23. The minimum absolute atomic E-state index is 0.0144. The predicted octanol–water partition coefficient (Wildman–Crippen LogP) is 5.49. The van der Waals surface area contributed by atoms with Gasteiger partial charge < -0.3 is 10.1 Å². The summed E-state index contributed by atoms with van der Waals surface area (Å²) in [7, 11) is 0. The first-order valence-corrected chi connectivity index (χ1v) is 7.64. The van der Waals surface area contributed by atoms with Crippen LogP contribution in [0.1, 0.15) is 18.1 Å². The van der Waals surface area contributed by atoms with Gasteiger partial charge in [-0.2, -0.15) is 0 Å². The second-order valence-electron chi connectivity index (χ2n) is 5.18. The highest BCUT2D eigenvalue weighted by atomic mass is 35.5. The normalized spacial score (nSPS) is 12.0. The summed E-state index contributed by atoms with van der Waals surface area (Å²) < 4.78 is 5.98. The highest BCUT2D eigenvalue weighted by Crippen LogP contribution is 2.29. The summed E-state index contributed by atoms with van der Waals surface area (Å²) in [4.78, 5) is 0. The predicted molar refractivity (Wildman–Crippen MR) is 91.0 cm³/mol. The molecule has 2 aromatic rings. The molecule has 21 heavy (non-hydrogen) atoms. The van der Waals surface area contributed by atoms with Crippen LogP contribution in [0.5, 0.6) is 5.75 Å². The molecule has 0 aliphatic heterocycles. The molecule has 1 N–H and O–H groups in total. The molecule has 0 bridgehead atoms. The number of hydrogen-bond donors (Lipinski definition) is 1. The van der Waals surface area contributed by atoms with Gasteiger partial charge in [0.15, 0.2) is 0 Å². The molecule has 0 heterocycles. The van der Waals surface area contributed by atoms with Crippen LogP contribution >= 0.6 is 23.2 Å². The Balaban J connectivity index is 1.97. The first-order valence-electron chi connectivity index (χ1n) is 6.89. The molecule has 2 nitrogen and oxygen atoms in total. The van der Waals surface area contributed by atoms with E-state index in [-0.39, 0.29) is 6.10 Å². The Morgan fingerprint density at radius 1 is 1.14 bits per heavy atom. The number of anilines is 1. The molecule has 0 aliphatic carbocycles. The van der Waals surface area contributed by atoms with E-state index in [4.69, 9.17) is 27.9 Å². The van der Waals surface area contributed by atoms with Crippen molar-refractivity contribution in [2.24, 2.45) is 0 Å².